The Balaban J connectivity index is 1.79. The van der Waals surface area contributed by atoms with Crippen LogP contribution in [-0.2, 0) is 6.42 Å². The molecule has 3 rings (SSSR count). The van der Waals surface area contributed by atoms with E-state index in [-0.39, 0.29) is 11.9 Å². The predicted octanol–water partition coefficient (Wildman–Crippen LogP) is 3.64. The SMILES string of the molecule is CCc1nnsc1C(=O)NC(c1ccc(Cl)cc1)C1CC1. The summed E-state index contributed by atoms with van der Waals surface area (Å²) in [6, 6.07) is 7.74. The van der Waals surface area contributed by atoms with Crippen LogP contribution in [0.15, 0.2) is 24.3 Å². The molecule has 1 aromatic heterocycles. The van der Waals surface area contributed by atoms with Gasteiger partial charge in [0, 0.05) is 5.02 Å². The zero-order valence-electron chi connectivity index (χ0n) is 11.7. The smallest absolute Gasteiger partial charge is 0.265 e. The fourth-order valence-corrected chi connectivity index (χ4v) is 3.17. The van der Waals surface area contributed by atoms with Crippen molar-refractivity contribution in [3.63, 3.8) is 0 Å². The molecule has 0 radical (unpaired) electrons. The van der Waals surface area contributed by atoms with E-state index >= 15 is 0 Å². The first-order valence-electron chi connectivity index (χ1n) is 7.06. The predicted molar refractivity (Wildman–Crippen MR) is 83.7 cm³/mol. The molecule has 1 saturated carbocycles. The summed E-state index contributed by atoms with van der Waals surface area (Å²) in [5, 5.41) is 7.85. The lowest BCUT2D eigenvalue weighted by Crippen LogP contribution is -2.30. The van der Waals surface area contributed by atoms with E-state index < -0.39 is 0 Å². The average Bonchev–Trinajstić information content (AvgIpc) is 3.22. The molecule has 1 aromatic carbocycles. The van der Waals surface area contributed by atoms with Crippen molar-refractivity contribution in [1.29, 1.82) is 0 Å². The fourth-order valence-electron chi connectivity index (χ4n) is 2.39. The monoisotopic (exact) mass is 321 g/mol. The van der Waals surface area contributed by atoms with Gasteiger partial charge in [0.1, 0.15) is 4.88 Å². The van der Waals surface area contributed by atoms with Gasteiger partial charge < -0.3 is 5.32 Å². The first kappa shape index (κ1) is 14.5. The van der Waals surface area contributed by atoms with Crippen molar-refractivity contribution in [3.8, 4) is 0 Å². The minimum atomic E-state index is -0.0753. The summed E-state index contributed by atoms with van der Waals surface area (Å²) in [5.41, 5.74) is 1.87. The van der Waals surface area contributed by atoms with Crippen molar-refractivity contribution in [3.05, 3.63) is 45.4 Å². The van der Waals surface area contributed by atoms with Crippen molar-refractivity contribution < 1.29 is 4.79 Å². The van der Waals surface area contributed by atoms with Gasteiger partial charge in [0.25, 0.3) is 5.91 Å². The number of benzene rings is 1. The molecule has 1 aliphatic rings. The van der Waals surface area contributed by atoms with Gasteiger partial charge in [0.15, 0.2) is 0 Å². The molecular weight excluding hydrogens is 306 g/mol. The van der Waals surface area contributed by atoms with Crippen LogP contribution in [0, 0.1) is 5.92 Å². The van der Waals surface area contributed by atoms with E-state index in [2.05, 4.69) is 14.9 Å². The molecule has 0 saturated heterocycles. The van der Waals surface area contributed by atoms with E-state index in [0.29, 0.717) is 22.2 Å². The molecular formula is C15H16ClN3OS. The van der Waals surface area contributed by atoms with Crippen LogP contribution in [-0.4, -0.2) is 15.5 Å². The summed E-state index contributed by atoms with van der Waals surface area (Å²) in [6.07, 6.45) is 3.01. The lowest BCUT2D eigenvalue weighted by atomic mass is 10.0. The molecule has 6 heteroatoms. The molecule has 1 heterocycles. The molecule has 0 bridgehead atoms. The van der Waals surface area contributed by atoms with Gasteiger partial charge in [-0.05, 0) is 54.4 Å². The van der Waals surface area contributed by atoms with E-state index in [1.807, 2.05) is 31.2 Å². The van der Waals surface area contributed by atoms with Gasteiger partial charge in [-0.25, -0.2) is 0 Å². The number of aromatic nitrogens is 2. The molecule has 21 heavy (non-hydrogen) atoms. The summed E-state index contributed by atoms with van der Waals surface area (Å²) in [6.45, 7) is 1.98. The van der Waals surface area contributed by atoms with Gasteiger partial charge in [0.05, 0.1) is 11.7 Å². The molecule has 1 fully saturated rings. The third kappa shape index (κ3) is 3.24. The molecule has 2 aromatic rings. The largest absolute Gasteiger partial charge is 0.344 e. The molecule has 1 atom stereocenters. The summed E-state index contributed by atoms with van der Waals surface area (Å²) in [5.74, 6) is 0.440. The molecule has 1 N–H and O–H groups in total. The normalized spacial score (nSPS) is 15.7. The van der Waals surface area contributed by atoms with Crippen molar-refractivity contribution >= 4 is 29.0 Å². The Labute approximate surface area is 132 Å². The molecule has 4 nitrogen and oxygen atoms in total. The highest BCUT2D eigenvalue weighted by Gasteiger charge is 2.34. The molecule has 1 unspecified atom stereocenters. The van der Waals surface area contributed by atoms with E-state index in [1.165, 1.54) is 0 Å². The maximum Gasteiger partial charge on any atom is 0.265 e. The van der Waals surface area contributed by atoms with Crippen LogP contribution in [0.2, 0.25) is 5.02 Å². The van der Waals surface area contributed by atoms with Gasteiger partial charge in [0.2, 0.25) is 0 Å². The number of amides is 1. The van der Waals surface area contributed by atoms with Crippen LogP contribution >= 0.6 is 23.1 Å². The van der Waals surface area contributed by atoms with Gasteiger partial charge in [-0.2, -0.15) is 0 Å². The minimum Gasteiger partial charge on any atom is -0.344 e. The average molecular weight is 322 g/mol. The second-order valence-electron chi connectivity index (χ2n) is 5.24. The number of halogens is 1. The Morgan fingerprint density at radius 2 is 2.14 bits per heavy atom. The van der Waals surface area contributed by atoms with Gasteiger partial charge in [-0.15, -0.1) is 5.10 Å². The maximum atomic E-state index is 12.5. The van der Waals surface area contributed by atoms with Crippen LogP contribution < -0.4 is 5.32 Å². The minimum absolute atomic E-state index is 0.0431. The number of rotatable bonds is 5. The number of nitrogens with zero attached hydrogens (tertiary/aromatic N) is 2. The van der Waals surface area contributed by atoms with Crippen molar-refractivity contribution in [2.24, 2.45) is 5.92 Å². The van der Waals surface area contributed by atoms with Crippen LogP contribution in [0.1, 0.15) is 46.7 Å². The van der Waals surface area contributed by atoms with Gasteiger partial charge in [-0.1, -0.05) is 35.1 Å². The molecule has 0 aliphatic heterocycles. The Morgan fingerprint density at radius 3 is 2.76 bits per heavy atom. The number of carbonyl (C=O) groups excluding carboxylic acids is 1. The first-order valence-corrected chi connectivity index (χ1v) is 8.21. The molecule has 1 amide bonds. The lowest BCUT2D eigenvalue weighted by Gasteiger charge is -2.18. The van der Waals surface area contributed by atoms with Crippen LogP contribution in [0.25, 0.3) is 0 Å². The highest BCUT2D eigenvalue weighted by atomic mass is 35.5. The van der Waals surface area contributed by atoms with E-state index in [1.54, 1.807) is 0 Å². The highest BCUT2D eigenvalue weighted by Crippen LogP contribution is 2.41. The van der Waals surface area contributed by atoms with Crippen LogP contribution in [0.3, 0.4) is 0 Å². The fraction of sp³-hybridized carbons (Fsp3) is 0.400. The topological polar surface area (TPSA) is 54.9 Å². The Hall–Kier alpha value is -1.46. The summed E-state index contributed by atoms with van der Waals surface area (Å²) in [4.78, 5) is 13.1. The number of hydrogen-bond donors (Lipinski definition) is 1. The quantitative estimate of drug-likeness (QED) is 0.914. The Kier molecular flexibility index (Phi) is 4.22. The summed E-state index contributed by atoms with van der Waals surface area (Å²) < 4.78 is 3.88. The molecule has 0 spiro atoms. The van der Waals surface area contributed by atoms with Crippen molar-refractivity contribution in [1.82, 2.24) is 14.9 Å². The van der Waals surface area contributed by atoms with Crippen LogP contribution in [0.5, 0.6) is 0 Å². The van der Waals surface area contributed by atoms with Gasteiger partial charge in [-0.3, -0.25) is 4.79 Å². The standard InChI is InChI=1S/C15H16ClN3OS/c1-2-12-14(21-19-18-12)15(20)17-13(9-3-4-9)10-5-7-11(16)8-6-10/h5-9,13H,2-4H2,1H3,(H,17,20). The second kappa shape index (κ2) is 6.12. The third-order valence-corrected chi connectivity index (χ3v) is 4.72. The van der Waals surface area contributed by atoms with E-state index in [0.717, 1.165) is 35.6 Å². The molecule has 1 aliphatic carbocycles. The van der Waals surface area contributed by atoms with E-state index in [9.17, 15) is 4.79 Å². The molecule has 110 valence electrons. The first-order chi connectivity index (χ1) is 10.2. The van der Waals surface area contributed by atoms with Crippen molar-refractivity contribution in [2.75, 3.05) is 0 Å². The van der Waals surface area contributed by atoms with E-state index in [4.69, 9.17) is 11.6 Å². The zero-order valence-corrected chi connectivity index (χ0v) is 13.2. The van der Waals surface area contributed by atoms with Crippen molar-refractivity contribution in [2.45, 2.75) is 32.2 Å². The number of hydrogen-bond acceptors (Lipinski definition) is 4. The Morgan fingerprint density at radius 1 is 1.43 bits per heavy atom. The number of nitrogens with one attached hydrogen (secondary N) is 1. The second-order valence-corrected chi connectivity index (χ2v) is 6.43. The summed E-state index contributed by atoms with van der Waals surface area (Å²) in [7, 11) is 0. The summed E-state index contributed by atoms with van der Waals surface area (Å²) >= 11 is 7.10. The van der Waals surface area contributed by atoms with Gasteiger partial charge >= 0.3 is 0 Å². The number of carbonyl (C=O) groups is 1. The number of aryl methyl sites for hydroxylation is 1. The third-order valence-electron chi connectivity index (χ3n) is 3.71. The van der Waals surface area contributed by atoms with Crippen LogP contribution in [0.4, 0.5) is 0 Å². The highest BCUT2D eigenvalue weighted by molar-refractivity contribution is 7.08. The Bertz CT molecular complexity index is 637. The maximum absolute atomic E-state index is 12.5. The lowest BCUT2D eigenvalue weighted by molar-refractivity contribution is 0.0934. The zero-order chi connectivity index (χ0) is 14.8.